The number of nitrogens with zero attached hydrogens (tertiary/aromatic N) is 2. The molecule has 0 amide bonds. The normalized spacial score (nSPS) is 19.8. The van der Waals surface area contributed by atoms with Crippen LogP contribution in [0, 0.1) is 5.92 Å². The van der Waals surface area contributed by atoms with Crippen LogP contribution >= 0.6 is 0 Å². The van der Waals surface area contributed by atoms with Crippen molar-refractivity contribution >= 4 is 16.0 Å². The van der Waals surface area contributed by atoms with Crippen LogP contribution in [0.25, 0.3) is 0 Å². The summed E-state index contributed by atoms with van der Waals surface area (Å²) in [5, 5.41) is 10.2. The molecule has 180 valence electrons. The van der Waals surface area contributed by atoms with Gasteiger partial charge in [0.05, 0.1) is 18.1 Å². The molecule has 0 bridgehead atoms. The number of hydrogen-bond acceptors (Lipinski definition) is 6. The van der Waals surface area contributed by atoms with Crippen LogP contribution in [0.5, 0.6) is 5.75 Å². The Hall–Kier alpha value is -2.49. The number of hydrogen-bond donors (Lipinski definition) is 1. The maximum Gasteiger partial charge on any atom is 0.322 e. The SMILES string of the molecule is CCCOC1CCC([C@H](C(=O)O)N(Cc2ccncc2)S(=O)(=O)c2ccc(OC)cc2)CC1. The molecular weight excluding hydrogens is 444 g/mol. The van der Waals surface area contributed by atoms with Gasteiger partial charge >= 0.3 is 5.97 Å². The number of sulfonamides is 1. The van der Waals surface area contributed by atoms with Crippen molar-refractivity contribution in [1.29, 1.82) is 0 Å². The third-order valence-electron chi connectivity index (χ3n) is 6.04. The summed E-state index contributed by atoms with van der Waals surface area (Å²) in [6.07, 6.45) is 6.80. The Morgan fingerprint density at radius 1 is 1.12 bits per heavy atom. The molecule has 0 saturated heterocycles. The van der Waals surface area contributed by atoms with E-state index in [9.17, 15) is 18.3 Å². The van der Waals surface area contributed by atoms with E-state index in [-0.39, 0.29) is 23.5 Å². The van der Waals surface area contributed by atoms with Crippen molar-refractivity contribution in [2.45, 2.75) is 62.6 Å². The molecule has 1 heterocycles. The molecule has 0 unspecified atom stereocenters. The second-order valence-electron chi connectivity index (χ2n) is 8.27. The zero-order chi connectivity index (χ0) is 23.8. The Morgan fingerprint density at radius 3 is 2.30 bits per heavy atom. The number of carboxylic acid groups (broad SMARTS) is 1. The summed E-state index contributed by atoms with van der Waals surface area (Å²) >= 11 is 0. The van der Waals surface area contributed by atoms with Gasteiger partial charge in [-0.15, -0.1) is 0 Å². The zero-order valence-corrected chi connectivity index (χ0v) is 19.9. The van der Waals surface area contributed by atoms with Gasteiger partial charge in [-0.2, -0.15) is 4.31 Å². The molecule has 1 N–H and O–H groups in total. The summed E-state index contributed by atoms with van der Waals surface area (Å²) in [5.74, 6) is -0.923. The summed E-state index contributed by atoms with van der Waals surface area (Å²) in [7, 11) is -2.60. The van der Waals surface area contributed by atoms with E-state index in [4.69, 9.17) is 9.47 Å². The highest BCUT2D eigenvalue weighted by atomic mass is 32.2. The largest absolute Gasteiger partial charge is 0.497 e. The minimum atomic E-state index is -4.10. The van der Waals surface area contributed by atoms with Gasteiger partial charge in [0.25, 0.3) is 0 Å². The number of ether oxygens (including phenoxy) is 2. The fraction of sp³-hybridized carbons (Fsp3) is 0.500. The van der Waals surface area contributed by atoms with E-state index in [1.165, 1.54) is 19.2 Å². The van der Waals surface area contributed by atoms with Crippen LogP contribution in [0.15, 0.2) is 53.7 Å². The average Bonchev–Trinajstić information content (AvgIpc) is 2.83. The highest BCUT2D eigenvalue weighted by Crippen LogP contribution is 2.34. The predicted octanol–water partition coefficient (Wildman–Crippen LogP) is 3.72. The van der Waals surface area contributed by atoms with E-state index in [0.29, 0.717) is 30.8 Å². The number of carbonyl (C=O) groups is 1. The summed E-state index contributed by atoms with van der Waals surface area (Å²) < 4.78 is 39.5. The first-order valence-electron chi connectivity index (χ1n) is 11.3. The summed E-state index contributed by atoms with van der Waals surface area (Å²) in [5.41, 5.74) is 0.674. The van der Waals surface area contributed by atoms with Gasteiger partial charge in [0.15, 0.2) is 0 Å². The Kier molecular flexibility index (Phi) is 8.82. The third-order valence-corrected chi connectivity index (χ3v) is 7.88. The Balaban J connectivity index is 1.93. The van der Waals surface area contributed by atoms with Gasteiger partial charge in [0, 0.05) is 25.5 Å². The maximum atomic E-state index is 13.7. The van der Waals surface area contributed by atoms with E-state index >= 15 is 0 Å². The molecule has 1 aromatic carbocycles. The number of pyridine rings is 1. The fourth-order valence-corrected chi connectivity index (χ4v) is 5.93. The first-order chi connectivity index (χ1) is 15.9. The maximum absolute atomic E-state index is 13.7. The van der Waals surface area contributed by atoms with Crippen molar-refractivity contribution in [3.63, 3.8) is 0 Å². The highest BCUT2D eigenvalue weighted by molar-refractivity contribution is 7.89. The van der Waals surface area contributed by atoms with Crippen LogP contribution in [-0.2, 0) is 26.1 Å². The van der Waals surface area contributed by atoms with Gasteiger partial charge in [0.2, 0.25) is 10.0 Å². The topological polar surface area (TPSA) is 106 Å². The quantitative estimate of drug-likeness (QED) is 0.527. The van der Waals surface area contributed by atoms with Gasteiger partial charge in [-0.05, 0) is 80.0 Å². The van der Waals surface area contributed by atoms with Gasteiger partial charge < -0.3 is 14.6 Å². The van der Waals surface area contributed by atoms with E-state index in [1.54, 1.807) is 36.7 Å². The van der Waals surface area contributed by atoms with Crippen LogP contribution in [0.2, 0.25) is 0 Å². The number of benzene rings is 1. The molecule has 3 rings (SSSR count). The monoisotopic (exact) mass is 476 g/mol. The Morgan fingerprint density at radius 2 is 1.76 bits per heavy atom. The molecule has 9 heteroatoms. The van der Waals surface area contributed by atoms with Gasteiger partial charge in [-0.3, -0.25) is 9.78 Å². The number of methoxy groups -OCH3 is 1. The third kappa shape index (κ3) is 6.31. The summed E-state index contributed by atoms with van der Waals surface area (Å²) in [6, 6.07) is 8.23. The summed E-state index contributed by atoms with van der Waals surface area (Å²) in [6.45, 7) is 2.67. The van der Waals surface area contributed by atoms with E-state index in [0.717, 1.165) is 23.6 Å². The molecule has 0 aliphatic heterocycles. The fourth-order valence-electron chi connectivity index (χ4n) is 4.30. The van der Waals surface area contributed by atoms with Gasteiger partial charge in [-0.1, -0.05) is 6.92 Å². The van der Waals surface area contributed by atoms with Crippen LogP contribution in [0.4, 0.5) is 0 Å². The smallest absolute Gasteiger partial charge is 0.322 e. The van der Waals surface area contributed by atoms with Crippen molar-refractivity contribution in [2.24, 2.45) is 5.92 Å². The van der Waals surface area contributed by atoms with E-state index in [1.807, 2.05) is 6.92 Å². The lowest BCUT2D eigenvalue weighted by Crippen LogP contribution is -2.50. The Bertz CT molecular complexity index is 989. The lowest BCUT2D eigenvalue weighted by Gasteiger charge is -2.37. The van der Waals surface area contributed by atoms with Crippen LogP contribution < -0.4 is 4.74 Å². The minimum absolute atomic E-state index is 0.0311. The van der Waals surface area contributed by atoms with Crippen LogP contribution in [-0.4, -0.2) is 54.6 Å². The Labute approximate surface area is 195 Å². The average molecular weight is 477 g/mol. The van der Waals surface area contributed by atoms with Gasteiger partial charge in [0.1, 0.15) is 11.8 Å². The highest BCUT2D eigenvalue weighted by Gasteiger charge is 2.42. The molecule has 33 heavy (non-hydrogen) atoms. The van der Waals surface area contributed by atoms with Crippen molar-refractivity contribution in [3.05, 3.63) is 54.4 Å². The number of rotatable bonds is 11. The zero-order valence-electron chi connectivity index (χ0n) is 19.1. The molecular formula is C24H32N2O6S. The van der Waals surface area contributed by atoms with Crippen molar-refractivity contribution in [3.8, 4) is 5.75 Å². The van der Waals surface area contributed by atoms with Crippen molar-refractivity contribution in [1.82, 2.24) is 9.29 Å². The molecule has 1 saturated carbocycles. The minimum Gasteiger partial charge on any atom is -0.497 e. The standard InChI is InChI=1S/C24H32N2O6S/c1-3-16-32-21-6-4-19(5-7-21)23(24(27)28)26(17-18-12-14-25-15-13-18)33(29,30)22-10-8-20(31-2)9-11-22/h8-15,19,21,23H,3-7,16-17H2,1-2H3,(H,27,28)/t19?,21?,23-/m1/s1. The molecule has 1 aromatic heterocycles. The van der Waals surface area contributed by atoms with Crippen molar-refractivity contribution < 1.29 is 27.8 Å². The van der Waals surface area contributed by atoms with Crippen molar-refractivity contribution in [2.75, 3.05) is 13.7 Å². The molecule has 0 spiro atoms. The molecule has 2 aromatic rings. The predicted molar refractivity (Wildman–Crippen MR) is 123 cm³/mol. The number of aliphatic carboxylic acids is 1. The van der Waals surface area contributed by atoms with Gasteiger partial charge in [-0.25, -0.2) is 8.42 Å². The number of aromatic nitrogens is 1. The first kappa shape index (κ1) is 25.1. The van der Waals surface area contributed by atoms with Crippen LogP contribution in [0.3, 0.4) is 0 Å². The van der Waals surface area contributed by atoms with Crippen LogP contribution in [0.1, 0.15) is 44.6 Å². The molecule has 8 nitrogen and oxygen atoms in total. The molecule has 1 atom stereocenters. The molecule has 1 aliphatic carbocycles. The molecule has 0 radical (unpaired) electrons. The van der Waals surface area contributed by atoms with E-state index < -0.39 is 22.0 Å². The molecule has 1 fully saturated rings. The second kappa shape index (κ2) is 11.6. The second-order valence-corrected chi connectivity index (χ2v) is 10.2. The number of carboxylic acids is 1. The van der Waals surface area contributed by atoms with E-state index in [2.05, 4.69) is 4.98 Å². The lowest BCUT2D eigenvalue weighted by molar-refractivity contribution is -0.144. The molecule has 1 aliphatic rings. The lowest BCUT2D eigenvalue weighted by atomic mass is 9.82. The first-order valence-corrected chi connectivity index (χ1v) is 12.7. The summed E-state index contributed by atoms with van der Waals surface area (Å²) in [4.78, 5) is 16.5.